The van der Waals surface area contributed by atoms with Gasteiger partial charge in [0.25, 0.3) is 0 Å². The van der Waals surface area contributed by atoms with E-state index in [-0.39, 0.29) is 19.0 Å². The molecule has 0 radical (unpaired) electrons. The van der Waals surface area contributed by atoms with Crippen molar-refractivity contribution in [3.63, 3.8) is 0 Å². The molecule has 3 aromatic rings. The third-order valence-electron chi connectivity index (χ3n) is 3.50. The Morgan fingerprint density at radius 2 is 1.96 bits per heavy atom. The van der Waals surface area contributed by atoms with Crippen LogP contribution in [0.4, 0.5) is 0 Å². The second kappa shape index (κ2) is 8.78. The molecule has 0 spiro atoms. The van der Waals surface area contributed by atoms with Crippen molar-refractivity contribution in [2.45, 2.75) is 26.6 Å². The van der Waals surface area contributed by atoms with Gasteiger partial charge >= 0.3 is 5.97 Å². The Balaban J connectivity index is 1.45. The molecule has 0 bridgehead atoms. The number of aromatic nitrogens is 2. The lowest BCUT2D eigenvalue weighted by atomic mass is 10.2. The molecule has 7 heteroatoms. The predicted molar refractivity (Wildman–Crippen MR) is 100 cm³/mol. The van der Waals surface area contributed by atoms with Crippen molar-refractivity contribution in [2.24, 2.45) is 0 Å². The number of pyridine rings is 1. The van der Waals surface area contributed by atoms with Gasteiger partial charge in [0.2, 0.25) is 0 Å². The third-order valence-corrected chi connectivity index (χ3v) is 4.59. The molecule has 5 nitrogen and oxygen atoms in total. The lowest BCUT2D eigenvalue weighted by Gasteiger charge is -2.04. The predicted octanol–water partition coefficient (Wildman–Crippen LogP) is 4.36. The number of halogens is 1. The number of rotatable bonds is 7. The maximum absolute atomic E-state index is 11.9. The zero-order valence-corrected chi connectivity index (χ0v) is 15.7. The summed E-state index contributed by atoms with van der Waals surface area (Å²) in [4.78, 5) is 20.3. The second-order valence-electron chi connectivity index (χ2n) is 5.66. The number of hydrogen-bond acceptors (Lipinski definition) is 6. The fourth-order valence-corrected chi connectivity index (χ4v) is 2.95. The van der Waals surface area contributed by atoms with E-state index in [0.717, 1.165) is 16.3 Å². The van der Waals surface area contributed by atoms with Crippen LogP contribution < -0.4 is 4.74 Å². The minimum Gasteiger partial charge on any atom is -0.486 e. The molecule has 0 saturated heterocycles. The Morgan fingerprint density at radius 1 is 1.15 bits per heavy atom. The third kappa shape index (κ3) is 5.54. The number of carbonyl (C=O) groups excluding carboxylic acids is 1. The number of ether oxygens (including phenoxy) is 2. The van der Waals surface area contributed by atoms with Crippen LogP contribution in [0.25, 0.3) is 0 Å². The molecule has 0 fully saturated rings. The second-order valence-corrected chi connectivity index (χ2v) is 6.99. The zero-order chi connectivity index (χ0) is 18.4. The Hall–Kier alpha value is -2.44. The van der Waals surface area contributed by atoms with E-state index in [1.54, 1.807) is 18.3 Å². The SMILES string of the molecule is Cc1ccc(OCc2nc(CC(=O)OCc3ccc(Cl)nc3)cs2)cc1. The first-order chi connectivity index (χ1) is 12.6. The fraction of sp³-hybridized carbons (Fsp3) is 0.211. The molecule has 0 unspecified atom stereocenters. The van der Waals surface area contributed by atoms with Gasteiger partial charge < -0.3 is 9.47 Å². The van der Waals surface area contributed by atoms with Gasteiger partial charge in [-0.05, 0) is 25.1 Å². The molecule has 0 aliphatic rings. The molecule has 0 N–H and O–H groups in total. The number of esters is 1. The molecule has 1 aromatic carbocycles. The maximum atomic E-state index is 11.9. The number of carbonyl (C=O) groups is 1. The van der Waals surface area contributed by atoms with E-state index >= 15 is 0 Å². The summed E-state index contributed by atoms with van der Waals surface area (Å²) in [7, 11) is 0. The van der Waals surface area contributed by atoms with Gasteiger partial charge in [-0.2, -0.15) is 0 Å². The highest BCUT2D eigenvalue weighted by Crippen LogP contribution is 2.16. The van der Waals surface area contributed by atoms with E-state index in [1.807, 2.05) is 36.6 Å². The number of aryl methyl sites for hydroxylation is 1. The van der Waals surface area contributed by atoms with Crippen LogP contribution in [0.5, 0.6) is 5.75 Å². The first-order valence-corrected chi connectivity index (χ1v) is 9.23. The van der Waals surface area contributed by atoms with Crippen LogP contribution in [-0.4, -0.2) is 15.9 Å². The van der Waals surface area contributed by atoms with E-state index in [0.29, 0.717) is 17.5 Å². The van der Waals surface area contributed by atoms with Crippen molar-refractivity contribution < 1.29 is 14.3 Å². The molecule has 0 atom stereocenters. The average Bonchev–Trinajstić information content (AvgIpc) is 3.08. The monoisotopic (exact) mass is 388 g/mol. The number of thiazole rings is 1. The van der Waals surface area contributed by atoms with Crippen molar-refractivity contribution in [1.29, 1.82) is 0 Å². The molecule has 3 rings (SSSR count). The van der Waals surface area contributed by atoms with Gasteiger partial charge in [-0.25, -0.2) is 9.97 Å². The van der Waals surface area contributed by atoms with Crippen LogP contribution in [0, 0.1) is 6.92 Å². The molecule has 134 valence electrons. The largest absolute Gasteiger partial charge is 0.486 e. The van der Waals surface area contributed by atoms with Crippen LogP contribution in [0.15, 0.2) is 48.0 Å². The van der Waals surface area contributed by atoms with Crippen LogP contribution in [0.2, 0.25) is 5.15 Å². The lowest BCUT2D eigenvalue weighted by molar-refractivity contribution is -0.144. The fourth-order valence-electron chi connectivity index (χ4n) is 2.13. The van der Waals surface area contributed by atoms with Crippen molar-refractivity contribution in [2.75, 3.05) is 0 Å². The van der Waals surface area contributed by atoms with Crippen molar-refractivity contribution in [3.05, 3.63) is 75.0 Å². The van der Waals surface area contributed by atoms with Crippen molar-refractivity contribution >= 4 is 28.9 Å². The summed E-state index contributed by atoms with van der Waals surface area (Å²) in [5.41, 5.74) is 2.65. The van der Waals surface area contributed by atoms with Gasteiger partial charge in [0.1, 0.15) is 29.1 Å². The summed E-state index contributed by atoms with van der Waals surface area (Å²) in [6, 6.07) is 11.3. The quantitative estimate of drug-likeness (QED) is 0.444. The number of nitrogens with zero attached hydrogens (tertiary/aromatic N) is 2. The lowest BCUT2D eigenvalue weighted by Crippen LogP contribution is -2.08. The van der Waals surface area contributed by atoms with E-state index in [4.69, 9.17) is 21.1 Å². The summed E-state index contributed by atoms with van der Waals surface area (Å²) < 4.78 is 10.9. The number of hydrogen-bond donors (Lipinski definition) is 0. The van der Waals surface area contributed by atoms with E-state index in [1.165, 1.54) is 16.9 Å². The Labute approximate surface area is 160 Å². The summed E-state index contributed by atoms with van der Waals surface area (Å²) >= 11 is 7.18. The summed E-state index contributed by atoms with van der Waals surface area (Å²) in [5.74, 6) is 0.458. The summed E-state index contributed by atoms with van der Waals surface area (Å²) in [6.07, 6.45) is 1.71. The van der Waals surface area contributed by atoms with Gasteiger partial charge in [0, 0.05) is 17.1 Å². The highest BCUT2D eigenvalue weighted by Gasteiger charge is 2.10. The molecule has 2 heterocycles. The molecule has 0 amide bonds. The summed E-state index contributed by atoms with van der Waals surface area (Å²) in [5, 5.41) is 3.07. The number of benzene rings is 1. The first-order valence-electron chi connectivity index (χ1n) is 7.97. The van der Waals surface area contributed by atoms with Gasteiger partial charge in [0.05, 0.1) is 12.1 Å². The molecule has 26 heavy (non-hydrogen) atoms. The van der Waals surface area contributed by atoms with Crippen LogP contribution in [-0.2, 0) is 29.2 Å². The topological polar surface area (TPSA) is 61.3 Å². The summed E-state index contributed by atoms with van der Waals surface area (Å²) in [6.45, 7) is 2.56. The van der Waals surface area contributed by atoms with Gasteiger partial charge in [-0.3, -0.25) is 4.79 Å². The molecule has 0 saturated carbocycles. The van der Waals surface area contributed by atoms with E-state index in [2.05, 4.69) is 9.97 Å². The zero-order valence-electron chi connectivity index (χ0n) is 14.1. The molecular formula is C19H17ClN2O3S. The first kappa shape index (κ1) is 18.4. The van der Waals surface area contributed by atoms with Crippen LogP contribution in [0.3, 0.4) is 0 Å². The van der Waals surface area contributed by atoms with Gasteiger partial charge in [0.15, 0.2) is 0 Å². The Bertz CT molecular complexity index is 863. The Morgan fingerprint density at radius 3 is 2.69 bits per heavy atom. The Kier molecular flexibility index (Phi) is 6.20. The molecule has 0 aliphatic carbocycles. The minimum atomic E-state index is -0.337. The normalized spacial score (nSPS) is 10.5. The van der Waals surface area contributed by atoms with Crippen LogP contribution >= 0.6 is 22.9 Å². The highest BCUT2D eigenvalue weighted by molar-refractivity contribution is 7.09. The minimum absolute atomic E-state index is 0.127. The van der Waals surface area contributed by atoms with Crippen molar-refractivity contribution in [3.8, 4) is 5.75 Å². The maximum Gasteiger partial charge on any atom is 0.312 e. The van der Waals surface area contributed by atoms with Crippen LogP contribution in [0.1, 0.15) is 21.8 Å². The van der Waals surface area contributed by atoms with E-state index in [9.17, 15) is 4.79 Å². The average molecular weight is 389 g/mol. The standard InChI is InChI=1S/C19H17ClN2O3S/c1-13-2-5-16(6-3-13)24-11-18-22-15(12-26-18)8-19(23)25-10-14-4-7-17(20)21-9-14/h2-7,9,12H,8,10-11H2,1H3. The van der Waals surface area contributed by atoms with Gasteiger partial charge in [-0.1, -0.05) is 35.4 Å². The molecule has 2 aromatic heterocycles. The highest BCUT2D eigenvalue weighted by atomic mass is 35.5. The molecular weight excluding hydrogens is 372 g/mol. The molecule has 0 aliphatic heterocycles. The van der Waals surface area contributed by atoms with Gasteiger partial charge in [-0.15, -0.1) is 11.3 Å². The smallest absolute Gasteiger partial charge is 0.312 e. The van der Waals surface area contributed by atoms with E-state index < -0.39 is 0 Å². The van der Waals surface area contributed by atoms with Crippen molar-refractivity contribution in [1.82, 2.24) is 9.97 Å².